The number of rotatable bonds is 6. The third-order valence-corrected chi connectivity index (χ3v) is 7.96. The second kappa shape index (κ2) is 9.43. The first kappa shape index (κ1) is 24.3. The summed E-state index contributed by atoms with van der Waals surface area (Å²) in [5, 5.41) is 3.05. The molecule has 0 aliphatic carbocycles. The zero-order chi connectivity index (χ0) is 24.5. The van der Waals surface area contributed by atoms with Crippen molar-refractivity contribution in [3.8, 4) is 5.75 Å². The monoisotopic (exact) mass is 542 g/mol. The van der Waals surface area contributed by atoms with Crippen LogP contribution in [0.2, 0.25) is 0 Å². The fourth-order valence-electron chi connectivity index (χ4n) is 4.12. The third-order valence-electron chi connectivity index (χ3n) is 5.68. The predicted octanol–water partition coefficient (Wildman–Crippen LogP) is 5.37. The molecule has 4 rings (SSSR count). The molecule has 6 nitrogen and oxygen atoms in total. The number of halogens is 1. The zero-order valence-electron chi connectivity index (χ0n) is 19.3. The van der Waals surface area contributed by atoms with Gasteiger partial charge in [0, 0.05) is 16.5 Å². The summed E-state index contributed by atoms with van der Waals surface area (Å²) in [5.41, 5.74) is 1.88. The molecule has 0 fully saturated rings. The molecule has 1 aliphatic heterocycles. The molecule has 1 amide bonds. The number of aryl methyl sites for hydroxylation is 1. The van der Waals surface area contributed by atoms with E-state index in [-0.39, 0.29) is 17.5 Å². The standard InChI is InChI=1S/C26H27BrN2O4S/c1-18-12-13-22-23(16-26(2,3)33-24(22)14-18)28-25(30)17-29(20-9-7-8-19(27)15-20)34(31,32)21-10-5-4-6-11-21/h4-15,23H,16-17H2,1-3H3,(H,28,30). The van der Waals surface area contributed by atoms with Gasteiger partial charge in [-0.1, -0.05) is 52.3 Å². The van der Waals surface area contributed by atoms with Gasteiger partial charge in [0.25, 0.3) is 10.0 Å². The Labute approximate surface area is 209 Å². The van der Waals surface area contributed by atoms with E-state index in [0.29, 0.717) is 16.6 Å². The van der Waals surface area contributed by atoms with Crippen molar-refractivity contribution in [2.24, 2.45) is 0 Å². The van der Waals surface area contributed by atoms with Crippen LogP contribution in [-0.2, 0) is 14.8 Å². The van der Waals surface area contributed by atoms with Crippen LogP contribution < -0.4 is 14.4 Å². The molecule has 0 bridgehead atoms. The average molecular weight is 543 g/mol. The first-order chi connectivity index (χ1) is 16.0. The number of carbonyl (C=O) groups is 1. The van der Waals surface area contributed by atoms with E-state index in [1.54, 1.807) is 42.5 Å². The lowest BCUT2D eigenvalue weighted by Gasteiger charge is -2.38. The summed E-state index contributed by atoms with van der Waals surface area (Å²) in [6.07, 6.45) is 0.567. The molecule has 1 unspecified atom stereocenters. The summed E-state index contributed by atoms with van der Waals surface area (Å²) in [7, 11) is -3.97. The summed E-state index contributed by atoms with van der Waals surface area (Å²) in [4.78, 5) is 13.4. The Morgan fingerprint density at radius 2 is 1.82 bits per heavy atom. The SMILES string of the molecule is Cc1ccc2c(c1)OC(C)(C)CC2NC(=O)CN(c1cccc(Br)c1)S(=O)(=O)c1ccccc1. The summed E-state index contributed by atoms with van der Waals surface area (Å²) in [5.74, 6) is 0.344. The molecule has 3 aromatic carbocycles. The Balaban J connectivity index is 1.65. The van der Waals surface area contributed by atoms with Crippen LogP contribution in [0.4, 0.5) is 5.69 Å². The lowest BCUT2D eigenvalue weighted by Crippen LogP contribution is -2.45. The smallest absolute Gasteiger partial charge is 0.264 e. The number of benzene rings is 3. The van der Waals surface area contributed by atoms with Gasteiger partial charge in [-0.2, -0.15) is 0 Å². The number of anilines is 1. The van der Waals surface area contributed by atoms with E-state index in [9.17, 15) is 13.2 Å². The number of nitrogens with zero attached hydrogens (tertiary/aromatic N) is 1. The van der Waals surface area contributed by atoms with Crippen LogP contribution in [-0.4, -0.2) is 26.5 Å². The number of sulfonamides is 1. The summed E-state index contributed by atoms with van der Waals surface area (Å²) in [6, 6.07) is 20.6. The van der Waals surface area contributed by atoms with Crippen molar-refractivity contribution in [3.63, 3.8) is 0 Å². The van der Waals surface area contributed by atoms with Gasteiger partial charge in [0.05, 0.1) is 16.6 Å². The molecule has 0 aromatic heterocycles. The highest BCUT2D eigenvalue weighted by Crippen LogP contribution is 2.40. The van der Waals surface area contributed by atoms with Crippen molar-refractivity contribution in [1.82, 2.24) is 5.32 Å². The molecule has 1 N–H and O–H groups in total. The summed E-state index contributed by atoms with van der Waals surface area (Å²) < 4.78 is 35.0. The van der Waals surface area contributed by atoms with Crippen LogP contribution in [0.15, 0.2) is 82.2 Å². The van der Waals surface area contributed by atoms with Crippen LogP contribution in [0.5, 0.6) is 5.75 Å². The van der Waals surface area contributed by atoms with Crippen LogP contribution >= 0.6 is 15.9 Å². The quantitative estimate of drug-likeness (QED) is 0.454. The first-order valence-electron chi connectivity index (χ1n) is 11.0. The van der Waals surface area contributed by atoms with E-state index >= 15 is 0 Å². The zero-order valence-corrected chi connectivity index (χ0v) is 21.7. The van der Waals surface area contributed by atoms with Crippen LogP contribution in [0, 0.1) is 6.92 Å². The van der Waals surface area contributed by atoms with Gasteiger partial charge >= 0.3 is 0 Å². The Bertz CT molecular complexity index is 1310. The van der Waals surface area contributed by atoms with Crippen LogP contribution in [0.25, 0.3) is 0 Å². The third kappa shape index (κ3) is 5.28. The molecule has 0 radical (unpaired) electrons. The molecule has 1 atom stereocenters. The highest BCUT2D eigenvalue weighted by atomic mass is 79.9. The Kier molecular flexibility index (Phi) is 6.73. The number of amides is 1. The fourth-order valence-corrected chi connectivity index (χ4v) is 5.94. The van der Waals surface area contributed by atoms with Crippen LogP contribution in [0.1, 0.15) is 37.4 Å². The number of hydrogen-bond donors (Lipinski definition) is 1. The van der Waals surface area contributed by atoms with E-state index < -0.39 is 21.5 Å². The van der Waals surface area contributed by atoms with Gasteiger partial charge in [-0.3, -0.25) is 9.10 Å². The van der Waals surface area contributed by atoms with Crippen molar-refractivity contribution in [3.05, 3.63) is 88.4 Å². The number of carbonyl (C=O) groups excluding carboxylic acids is 1. The normalized spacial score (nSPS) is 16.8. The number of fused-ring (bicyclic) bond motifs is 1. The van der Waals surface area contributed by atoms with Gasteiger partial charge in [-0.05, 0) is 62.7 Å². The molecule has 34 heavy (non-hydrogen) atoms. The topological polar surface area (TPSA) is 75.7 Å². The predicted molar refractivity (Wildman–Crippen MR) is 137 cm³/mol. The van der Waals surface area contributed by atoms with E-state index in [1.807, 2.05) is 39.0 Å². The molecular weight excluding hydrogens is 516 g/mol. The minimum absolute atomic E-state index is 0.121. The largest absolute Gasteiger partial charge is 0.487 e. The second-order valence-electron chi connectivity index (χ2n) is 9.03. The maximum Gasteiger partial charge on any atom is 0.264 e. The molecule has 0 spiro atoms. The van der Waals surface area contributed by atoms with Gasteiger partial charge in [0.15, 0.2) is 0 Å². The summed E-state index contributed by atoms with van der Waals surface area (Å²) >= 11 is 3.40. The molecule has 178 valence electrons. The van der Waals surface area contributed by atoms with E-state index in [1.165, 1.54) is 12.1 Å². The molecule has 8 heteroatoms. The minimum Gasteiger partial charge on any atom is -0.487 e. The van der Waals surface area contributed by atoms with Crippen molar-refractivity contribution in [2.45, 2.75) is 43.7 Å². The van der Waals surface area contributed by atoms with Crippen molar-refractivity contribution < 1.29 is 17.9 Å². The van der Waals surface area contributed by atoms with E-state index in [4.69, 9.17) is 4.74 Å². The minimum atomic E-state index is -3.97. The summed E-state index contributed by atoms with van der Waals surface area (Å²) in [6.45, 7) is 5.59. The fraction of sp³-hybridized carbons (Fsp3) is 0.269. The van der Waals surface area contributed by atoms with Gasteiger partial charge in [-0.15, -0.1) is 0 Å². The van der Waals surface area contributed by atoms with Crippen LogP contribution in [0.3, 0.4) is 0 Å². The first-order valence-corrected chi connectivity index (χ1v) is 13.2. The number of nitrogens with one attached hydrogen (secondary N) is 1. The number of hydrogen-bond acceptors (Lipinski definition) is 4. The lowest BCUT2D eigenvalue weighted by atomic mass is 9.89. The van der Waals surface area contributed by atoms with Gasteiger partial charge in [0.1, 0.15) is 17.9 Å². The second-order valence-corrected chi connectivity index (χ2v) is 11.8. The van der Waals surface area contributed by atoms with Crippen molar-refractivity contribution in [1.29, 1.82) is 0 Å². The Morgan fingerprint density at radius 1 is 1.09 bits per heavy atom. The van der Waals surface area contributed by atoms with E-state index in [0.717, 1.165) is 21.2 Å². The molecule has 3 aromatic rings. The highest BCUT2D eigenvalue weighted by molar-refractivity contribution is 9.10. The molecule has 1 aliphatic rings. The molecule has 0 saturated carbocycles. The van der Waals surface area contributed by atoms with E-state index in [2.05, 4.69) is 21.2 Å². The lowest BCUT2D eigenvalue weighted by molar-refractivity contribution is -0.120. The van der Waals surface area contributed by atoms with Crippen molar-refractivity contribution >= 4 is 37.5 Å². The van der Waals surface area contributed by atoms with Gasteiger partial charge in [-0.25, -0.2) is 8.42 Å². The maximum absolute atomic E-state index is 13.5. The molecule has 1 heterocycles. The van der Waals surface area contributed by atoms with Gasteiger partial charge < -0.3 is 10.1 Å². The Hall–Kier alpha value is -2.84. The Morgan fingerprint density at radius 3 is 2.53 bits per heavy atom. The molecule has 0 saturated heterocycles. The maximum atomic E-state index is 13.5. The number of ether oxygens (including phenoxy) is 1. The van der Waals surface area contributed by atoms with Gasteiger partial charge in [0.2, 0.25) is 5.91 Å². The molecular formula is C26H27BrN2O4S. The highest BCUT2D eigenvalue weighted by Gasteiger charge is 2.35. The van der Waals surface area contributed by atoms with Crippen molar-refractivity contribution in [2.75, 3.05) is 10.8 Å². The average Bonchev–Trinajstić information content (AvgIpc) is 2.77.